The third-order valence-electron chi connectivity index (χ3n) is 10.4. The van der Waals surface area contributed by atoms with E-state index in [1.807, 2.05) is 6.92 Å². The zero-order valence-corrected chi connectivity index (χ0v) is 29.0. The first-order chi connectivity index (χ1) is 20.7. The van der Waals surface area contributed by atoms with Gasteiger partial charge in [0.15, 0.2) is 11.7 Å². The number of epoxide rings is 1. The second-order valence-electron chi connectivity index (χ2n) is 15.2. The quantitative estimate of drug-likeness (QED) is 0.348. The van der Waals surface area contributed by atoms with E-state index in [4.69, 9.17) is 21.1 Å². The molecule has 3 aliphatic rings. The molecule has 0 bridgehead atoms. The fraction of sp³-hybridized carbons (Fsp3) is 0.706. The number of imide groups is 1. The van der Waals surface area contributed by atoms with Crippen molar-refractivity contribution >= 4 is 46.8 Å². The molecule has 1 spiro atoms. The minimum absolute atomic E-state index is 0.137. The van der Waals surface area contributed by atoms with Crippen molar-refractivity contribution in [1.82, 2.24) is 4.90 Å². The number of likely N-dealkylation sites (N-methyl/N-ethyl adjacent to an activating group) is 1. The van der Waals surface area contributed by atoms with Gasteiger partial charge < -0.3 is 24.8 Å². The summed E-state index contributed by atoms with van der Waals surface area (Å²) < 4.78 is 11.4. The van der Waals surface area contributed by atoms with Crippen molar-refractivity contribution in [3.63, 3.8) is 0 Å². The molecule has 250 valence electrons. The number of cyclic esters (lactones) is 1. The topological polar surface area (TPSA) is 132 Å². The Kier molecular flexibility index (Phi) is 9.50. The van der Waals surface area contributed by atoms with Crippen LogP contribution in [0.15, 0.2) is 18.2 Å². The van der Waals surface area contributed by atoms with Crippen molar-refractivity contribution in [1.29, 1.82) is 0 Å². The number of hydrogen-bond donors (Lipinski definition) is 1. The summed E-state index contributed by atoms with van der Waals surface area (Å²) in [5, 5.41) is 16.4. The molecule has 11 heteroatoms. The van der Waals surface area contributed by atoms with Crippen LogP contribution in [-0.2, 0) is 23.9 Å². The highest BCUT2D eigenvalue weighted by atomic mass is 35.5. The second-order valence-corrected chi connectivity index (χ2v) is 15.6. The minimum Gasteiger partial charge on any atom is -0.850 e. The number of nitrogens with zero attached hydrogens (tertiary/aromatic N) is 2. The maximum absolute atomic E-state index is 13.9. The van der Waals surface area contributed by atoms with Gasteiger partial charge in [0.25, 0.3) is 11.8 Å². The first kappa shape index (κ1) is 35.2. The van der Waals surface area contributed by atoms with Gasteiger partial charge in [-0.1, -0.05) is 72.6 Å². The summed E-state index contributed by atoms with van der Waals surface area (Å²) in [5.41, 5.74) is -2.11. The Bertz CT molecular complexity index is 1360. The lowest BCUT2D eigenvalue weighted by Gasteiger charge is -2.43. The van der Waals surface area contributed by atoms with Crippen LogP contribution in [0.1, 0.15) is 94.9 Å². The Morgan fingerprint density at radius 1 is 1.18 bits per heavy atom. The molecule has 6 unspecified atom stereocenters. The number of carbonyl (C=O) groups is 4. The summed E-state index contributed by atoms with van der Waals surface area (Å²) >= 11 is 6.48. The lowest BCUT2D eigenvalue weighted by molar-refractivity contribution is -0.449. The molecular weight excluding hydrogens is 598 g/mol. The van der Waals surface area contributed by atoms with Crippen LogP contribution >= 0.6 is 11.6 Å². The molecule has 6 atom stereocenters. The minimum atomic E-state index is -1.70. The molecule has 1 N–H and O–H groups in total. The third-order valence-corrected chi connectivity index (χ3v) is 10.7. The summed E-state index contributed by atoms with van der Waals surface area (Å²) in [6.45, 7) is 18.9. The fourth-order valence-electron chi connectivity index (χ4n) is 6.78. The smallest absolute Gasteiger partial charge is 0.418 e. The van der Waals surface area contributed by atoms with E-state index in [-0.39, 0.29) is 28.0 Å². The van der Waals surface area contributed by atoms with Crippen LogP contribution in [-0.4, -0.2) is 64.7 Å². The van der Waals surface area contributed by atoms with E-state index in [2.05, 4.69) is 33.0 Å². The molecule has 2 aliphatic heterocycles. The molecule has 1 aliphatic carbocycles. The third kappa shape index (κ3) is 6.47. The normalized spacial score (nSPS) is 27.6. The molecule has 10 nitrogen and oxygen atoms in total. The highest BCUT2D eigenvalue weighted by Crippen LogP contribution is 2.56. The Balaban J connectivity index is 1.56. The van der Waals surface area contributed by atoms with Gasteiger partial charge in [0, 0.05) is 12.2 Å². The number of amides is 4. The molecule has 45 heavy (non-hydrogen) atoms. The van der Waals surface area contributed by atoms with E-state index >= 15 is 0 Å². The summed E-state index contributed by atoms with van der Waals surface area (Å²) in [6.07, 6.45) is 0.660. The maximum Gasteiger partial charge on any atom is 0.418 e. The zero-order chi connectivity index (χ0) is 33.9. The number of benzene rings is 1. The average molecular weight is 647 g/mol. The van der Waals surface area contributed by atoms with E-state index < -0.39 is 52.8 Å². The molecule has 4 rings (SSSR count). The SMILES string of the molecule is CCN(C(=O)C1OC12CCC(C(C)(C)CC)CC2C)c1ccc(Cl)c(NC(=O)C(C([O-])C(C)(C)C)N2C(=O)OC(C)(C)C2=O)c1. The van der Waals surface area contributed by atoms with E-state index in [1.165, 1.54) is 13.8 Å². The highest BCUT2D eigenvalue weighted by Gasteiger charge is 2.66. The lowest BCUT2D eigenvalue weighted by atomic mass is 9.63. The summed E-state index contributed by atoms with van der Waals surface area (Å²) in [7, 11) is 0. The molecule has 3 fully saturated rings. The Morgan fingerprint density at radius 2 is 1.82 bits per heavy atom. The molecule has 1 aromatic rings. The Labute approximate surface area is 272 Å². The molecule has 2 heterocycles. The van der Waals surface area contributed by atoms with Crippen LogP contribution in [0, 0.1) is 22.7 Å². The monoisotopic (exact) mass is 646 g/mol. The molecule has 1 saturated carbocycles. The molecule has 4 amide bonds. The van der Waals surface area contributed by atoms with E-state index in [1.54, 1.807) is 43.9 Å². The van der Waals surface area contributed by atoms with Gasteiger partial charge >= 0.3 is 6.09 Å². The summed E-state index contributed by atoms with van der Waals surface area (Å²) in [5.74, 6) is -1.01. The van der Waals surface area contributed by atoms with E-state index in [9.17, 15) is 24.3 Å². The zero-order valence-electron chi connectivity index (χ0n) is 28.3. The predicted molar refractivity (Wildman–Crippen MR) is 171 cm³/mol. The maximum atomic E-state index is 13.9. The van der Waals surface area contributed by atoms with Gasteiger partial charge in [0.2, 0.25) is 5.91 Å². The van der Waals surface area contributed by atoms with Crippen molar-refractivity contribution in [2.24, 2.45) is 22.7 Å². The highest BCUT2D eigenvalue weighted by molar-refractivity contribution is 6.34. The van der Waals surface area contributed by atoms with Gasteiger partial charge in [0.05, 0.1) is 10.7 Å². The standard InChI is InChI=1S/C34H49ClN3O7/c1-11-32(7,8)20-15-16-34(19(3)17-20)26(44-34)28(41)37(12-2)21-13-14-22(35)23(18-21)36-27(40)24(25(39)31(4,5)6)38-29(42)33(9,10)45-30(38)43/h13-14,18-20,24-26H,11-12,15-17H2,1-10H3,(H,36,40)/q-1. The number of rotatable bonds is 9. The average Bonchev–Trinajstić information content (AvgIpc) is 3.63. The molecular formula is C34H49ClN3O7-. The van der Waals surface area contributed by atoms with Gasteiger partial charge in [-0.05, 0) is 80.9 Å². The van der Waals surface area contributed by atoms with Crippen LogP contribution in [0.4, 0.5) is 16.2 Å². The second kappa shape index (κ2) is 12.2. The molecule has 0 aromatic heterocycles. The van der Waals surface area contributed by atoms with Crippen LogP contribution in [0.3, 0.4) is 0 Å². The largest absolute Gasteiger partial charge is 0.850 e. The summed E-state index contributed by atoms with van der Waals surface area (Å²) in [4.78, 5) is 55.6. The summed E-state index contributed by atoms with van der Waals surface area (Å²) in [6, 6.07) is 3.09. The number of hydrogen-bond acceptors (Lipinski definition) is 7. The van der Waals surface area contributed by atoms with Gasteiger partial charge in [-0.15, -0.1) is 0 Å². The molecule has 1 aromatic carbocycles. The van der Waals surface area contributed by atoms with Crippen LogP contribution < -0.4 is 15.3 Å². The number of carbonyl (C=O) groups excluding carboxylic acids is 4. The number of anilines is 2. The van der Waals surface area contributed by atoms with Crippen molar-refractivity contribution in [2.75, 3.05) is 16.8 Å². The lowest BCUT2D eigenvalue weighted by Crippen LogP contribution is -2.62. The number of halogens is 1. The van der Waals surface area contributed by atoms with E-state index in [0.717, 1.165) is 25.7 Å². The van der Waals surface area contributed by atoms with E-state index in [0.29, 0.717) is 23.0 Å². The number of nitrogens with one attached hydrogen (secondary N) is 1. The first-order valence-electron chi connectivity index (χ1n) is 16.0. The Hall–Kier alpha value is -2.69. The first-order valence-corrected chi connectivity index (χ1v) is 16.4. The Morgan fingerprint density at radius 3 is 2.33 bits per heavy atom. The number of ether oxygens (including phenoxy) is 2. The van der Waals surface area contributed by atoms with Gasteiger partial charge in [0.1, 0.15) is 11.6 Å². The van der Waals surface area contributed by atoms with Crippen molar-refractivity contribution in [2.45, 2.75) is 124 Å². The van der Waals surface area contributed by atoms with Crippen LogP contribution in [0.2, 0.25) is 5.02 Å². The van der Waals surface area contributed by atoms with Crippen molar-refractivity contribution < 1.29 is 33.8 Å². The van der Waals surface area contributed by atoms with Crippen LogP contribution in [0.5, 0.6) is 0 Å². The molecule has 0 radical (unpaired) electrons. The molecule has 2 saturated heterocycles. The van der Waals surface area contributed by atoms with Crippen molar-refractivity contribution in [3.05, 3.63) is 23.2 Å². The fourth-order valence-corrected chi connectivity index (χ4v) is 6.94. The van der Waals surface area contributed by atoms with Crippen molar-refractivity contribution in [3.8, 4) is 0 Å². The predicted octanol–water partition coefficient (Wildman–Crippen LogP) is 5.54. The van der Waals surface area contributed by atoms with Gasteiger partial charge in [-0.3, -0.25) is 14.4 Å². The van der Waals surface area contributed by atoms with Crippen LogP contribution in [0.25, 0.3) is 0 Å². The van der Waals surface area contributed by atoms with Gasteiger partial charge in [-0.2, -0.15) is 0 Å². The van der Waals surface area contributed by atoms with Gasteiger partial charge in [-0.25, -0.2) is 9.69 Å².